The highest BCUT2D eigenvalue weighted by Gasteiger charge is 2.13. The van der Waals surface area contributed by atoms with E-state index in [0.717, 1.165) is 17.5 Å². The Kier molecular flexibility index (Phi) is 4.01. The van der Waals surface area contributed by atoms with Crippen LogP contribution in [0.25, 0.3) is 0 Å². The summed E-state index contributed by atoms with van der Waals surface area (Å²) < 4.78 is 13.3. The second kappa shape index (κ2) is 5.54. The van der Waals surface area contributed by atoms with Crippen LogP contribution in [0.3, 0.4) is 0 Å². The summed E-state index contributed by atoms with van der Waals surface area (Å²) in [6.45, 7) is 6.15. The molecule has 100 valence electrons. The molecule has 0 aliphatic heterocycles. The number of rotatable bonds is 3. The molecule has 0 aromatic heterocycles. The fraction of sp³-hybridized carbons (Fsp3) is 0.294. The van der Waals surface area contributed by atoms with Crippen LogP contribution in [0.2, 0.25) is 0 Å². The first-order chi connectivity index (χ1) is 8.99. The molecule has 2 N–H and O–H groups in total. The Hall–Kier alpha value is -1.67. The van der Waals surface area contributed by atoms with Gasteiger partial charge >= 0.3 is 0 Å². The molecule has 1 atom stereocenters. The summed E-state index contributed by atoms with van der Waals surface area (Å²) in [5.74, 6) is -0.224. The summed E-state index contributed by atoms with van der Waals surface area (Å²) >= 11 is 0. The Labute approximate surface area is 114 Å². The van der Waals surface area contributed by atoms with Crippen molar-refractivity contribution in [2.75, 3.05) is 0 Å². The maximum absolute atomic E-state index is 13.3. The van der Waals surface area contributed by atoms with Crippen LogP contribution in [0.4, 0.5) is 4.39 Å². The number of halogens is 1. The van der Waals surface area contributed by atoms with Crippen LogP contribution in [0, 0.1) is 26.6 Å². The highest BCUT2D eigenvalue weighted by molar-refractivity contribution is 5.37. The zero-order chi connectivity index (χ0) is 14.0. The molecule has 2 rings (SSSR count). The minimum atomic E-state index is -0.224. The van der Waals surface area contributed by atoms with Crippen molar-refractivity contribution >= 4 is 0 Å². The van der Waals surface area contributed by atoms with Crippen molar-refractivity contribution in [2.24, 2.45) is 5.73 Å². The van der Waals surface area contributed by atoms with E-state index >= 15 is 0 Å². The van der Waals surface area contributed by atoms with Gasteiger partial charge in [-0.25, -0.2) is 4.39 Å². The highest BCUT2D eigenvalue weighted by atomic mass is 19.1. The fourth-order valence-corrected chi connectivity index (χ4v) is 2.51. The van der Waals surface area contributed by atoms with Gasteiger partial charge in [0.2, 0.25) is 0 Å². The molecule has 0 spiro atoms. The number of hydrogen-bond acceptors (Lipinski definition) is 1. The molecular formula is C17H20FN. The number of benzene rings is 2. The third-order valence-corrected chi connectivity index (χ3v) is 3.71. The second-order valence-corrected chi connectivity index (χ2v) is 5.18. The normalized spacial score (nSPS) is 12.5. The van der Waals surface area contributed by atoms with Crippen LogP contribution in [-0.2, 0) is 6.42 Å². The molecule has 2 heteroatoms. The Morgan fingerprint density at radius 2 is 1.63 bits per heavy atom. The predicted molar refractivity (Wildman–Crippen MR) is 77.7 cm³/mol. The zero-order valence-corrected chi connectivity index (χ0v) is 11.7. The quantitative estimate of drug-likeness (QED) is 0.884. The first-order valence-electron chi connectivity index (χ1n) is 6.55. The molecule has 0 radical (unpaired) electrons. The molecule has 19 heavy (non-hydrogen) atoms. The van der Waals surface area contributed by atoms with Crippen molar-refractivity contribution in [3.8, 4) is 0 Å². The average molecular weight is 257 g/mol. The zero-order valence-electron chi connectivity index (χ0n) is 11.7. The van der Waals surface area contributed by atoms with Crippen molar-refractivity contribution in [2.45, 2.75) is 33.2 Å². The van der Waals surface area contributed by atoms with Crippen LogP contribution in [0.1, 0.15) is 33.9 Å². The number of aryl methyl sites for hydroxylation is 3. The highest BCUT2D eigenvalue weighted by Crippen LogP contribution is 2.24. The number of nitrogens with two attached hydrogens (primary N) is 1. The van der Waals surface area contributed by atoms with E-state index in [0.29, 0.717) is 0 Å². The molecule has 1 nitrogen and oxygen atoms in total. The van der Waals surface area contributed by atoms with Gasteiger partial charge in [-0.3, -0.25) is 0 Å². The lowest BCUT2D eigenvalue weighted by Gasteiger charge is -2.18. The summed E-state index contributed by atoms with van der Waals surface area (Å²) in [4.78, 5) is 0. The fourth-order valence-electron chi connectivity index (χ4n) is 2.51. The van der Waals surface area contributed by atoms with Gasteiger partial charge in [0.25, 0.3) is 0 Å². The molecule has 0 amide bonds. The lowest BCUT2D eigenvalue weighted by molar-refractivity contribution is 0.617. The van der Waals surface area contributed by atoms with Crippen molar-refractivity contribution in [3.05, 3.63) is 70.0 Å². The third-order valence-electron chi connectivity index (χ3n) is 3.71. The van der Waals surface area contributed by atoms with Crippen molar-refractivity contribution in [1.29, 1.82) is 0 Å². The summed E-state index contributed by atoms with van der Waals surface area (Å²) in [5.41, 5.74) is 11.9. The Morgan fingerprint density at radius 3 is 2.26 bits per heavy atom. The molecule has 0 bridgehead atoms. The Morgan fingerprint density at radius 1 is 1.00 bits per heavy atom. The average Bonchev–Trinajstić information content (AvgIpc) is 2.37. The van der Waals surface area contributed by atoms with E-state index in [1.54, 1.807) is 12.1 Å². The molecule has 0 aliphatic rings. The van der Waals surface area contributed by atoms with Gasteiger partial charge in [0.15, 0.2) is 0 Å². The topological polar surface area (TPSA) is 26.0 Å². The minimum Gasteiger partial charge on any atom is -0.324 e. The Bertz CT molecular complexity index is 570. The minimum absolute atomic E-state index is 0.171. The van der Waals surface area contributed by atoms with Gasteiger partial charge in [-0.2, -0.15) is 0 Å². The molecule has 0 saturated carbocycles. The third kappa shape index (κ3) is 3.02. The molecule has 1 unspecified atom stereocenters. The maximum Gasteiger partial charge on any atom is 0.123 e. The van der Waals surface area contributed by atoms with Crippen LogP contribution in [0.15, 0.2) is 36.4 Å². The summed E-state index contributed by atoms with van der Waals surface area (Å²) in [5, 5.41) is 0. The van der Waals surface area contributed by atoms with Crippen LogP contribution >= 0.6 is 0 Å². The van der Waals surface area contributed by atoms with Crippen molar-refractivity contribution in [3.63, 3.8) is 0 Å². The van der Waals surface area contributed by atoms with Gasteiger partial charge in [0.05, 0.1) is 0 Å². The second-order valence-electron chi connectivity index (χ2n) is 5.18. The number of hydrogen-bond donors (Lipinski definition) is 1. The predicted octanol–water partition coefficient (Wildman–Crippen LogP) is 3.99. The van der Waals surface area contributed by atoms with Crippen LogP contribution in [0.5, 0.6) is 0 Å². The van der Waals surface area contributed by atoms with E-state index in [1.807, 2.05) is 13.0 Å². The van der Waals surface area contributed by atoms with Gasteiger partial charge in [0.1, 0.15) is 5.82 Å². The van der Waals surface area contributed by atoms with E-state index in [4.69, 9.17) is 5.73 Å². The first kappa shape index (κ1) is 13.8. The van der Waals surface area contributed by atoms with Crippen LogP contribution < -0.4 is 5.73 Å². The lowest BCUT2D eigenvalue weighted by Crippen LogP contribution is -2.16. The van der Waals surface area contributed by atoms with Gasteiger partial charge in [-0.15, -0.1) is 0 Å². The molecule has 2 aromatic rings. The maximum atomic E-state index is 13.3. The summed E-state index contributed by atoms with van der Waals surface area (Å²) in [6.07, 6.45) is 0.739. The summed E-state index contributed by atoms with van der Waals surface area (Å²) in [7, 11) is 0. The molecule has 2 aromatic carbocycles. The van der Waals surface area contributed by atoms with Crippen molar-refractivity contribution in [1.82, 2.24) is 0 Å². The van der Waals surface area contributed by atoms with E-state index in [-0.39, 0.29) is 11.9 Å². The van der Waals surface area contributed by atoms with Gasteiger partial charge < -0.3 is 5.73 Å². The first-order valence-corrected chi connectivity index (χ1v) is 6.55. The SMILES string of the molecule is Cc1ccc(F)cc1C(N)Cc1c(C)cccc1C. The van der Waals surface area contributed by atoms with E-state index < -0.39 is 0 Å². The molecule has 0 saturated heterocycles. The van der Waals surface area contributed by atoms with Gasteiger partial charge in [-0.05, 0) is 67.1 Å². The largest absolute Gasteiger partial charge is 0.324 e. The van der Waals surface area contributed by atoms with E-state index in [1.165, 1.54) is 22.8 Å². The molecule has 0 aliphatic carbocycles. The smallest absolute Gasteiger partial charge is 0.123 e. The van der Waals surface area contributed by atoms with E-state index in [9.17, 15) is 4.39 Å². The van der Waals surface area contributed by atoms with Crippen LogP contribution in [-0.4, -0.2) is 0 Å². The molecule has 0 fully saturated rings. The lowest BCUT2D eigenvalue weighted by atomic mass is 9.91. The molecular weight excluding hydrogens is 237 g/mol. The Balaban J connectivity index is 2.31. The van der Waals surface area contributed by atoms with E-state index in [2.05, 4.69) is 26.0 Å². The van der Waals surface area contributed by atoms with Gasteiger partial charge in [-0.1, -0.05) is 24.3 Å². The molecule has 0 heterocycles. The standard InChI is InChI=1S/C17H20FN/c1-11-5-4-6-12(2)15(11)10-17(19)16-9-14(18)8-7-13(16)3/h4-9,17H,10,19H2,1-3H3. The summed E-state index contributed by atoms with van der Waals surface area (Å²) in [6, 6.07) is 10.9. The monoisotopic (exact) mass is 257 g/mol. The van der Waals surface area contributed by atoms with Gasteiger partial charge in [0, 0.05) is 6.04 Å². The van der Waals surface area contributed by atoms with Crippen molar-refractivity contribution < 1.29 is 4.39 Å².